The van der Waals surface area contributed by atoms with Gasteiger partial charge in [0.15, 0.2) is 5.96 Å². The predicted octanol–water partition coefficient (Wildman–Crippen LogP) is 3.32. The Kier molecular flexibility index (Phi) is 10.7. The molecule has 0 spiro atoms. The minimum Gasteiger partial charge on any atom is -0.468 e. The zero-order chi connectivity index (χ0) is 19.0. The molecular formula is C20H38IN5O. The SMILES string of the molecule is CCNC(=NCC(C)(C)N1CCCCC1)NCC(c1ccco1)N(C)C.I. The van der Waals surface area contributed by atoms with Gasteiger partial charge in [-0.2, -0.15) is 0 Å². The summed E-state index contributed by atoms with van der Waals surface area (Å²) in [6.07, 6.45) is 5.70. The standard InChI is InChI=1S/C20H37N5O.HI/c1-6-21-19(22-15-17(24(4)5)18-11-10-14-26-18)23-16-20(2,3)25-12-8-7-9-13-25;/h10-11,14,17H,6-9,12-13,15-16H2,1-5H3,(H2,21,22,23);1H. The highest BCUT2D eigenvalue weighted by atomic mass is 127. The summed E-state index contributed by atoms with van der Waals surface area (Å²) in [7, 11) is 4.14. The maximum absolute atomic E-state index is 5.59. The number of hydrogen-bond acceptors (Lipinski definition) is 4. The Hall–Kier alpha value is -0.800. The fraction of sp³-hybridized carbons (Fsp3) is 0.750. The lowest BCUT2D eigenvalue weighted by molar-refractivity contribution is 0.102. The van der Waals surface area contributed by atoms with Gasteiger partial charge in [-0.05, 0) is 72.9 Å². The lowest BCUT2D eigenvalue weighted by Crippen LogP contribution is -2.50. The summed E-state index contributed by atoms with van der Waals surface area (Å²) in [5, 5.41) is 6.85. The van der Waals surface area contributed by atoms with Crippen LogP contribution in [0.25, 0.3) is 0 Å². The van der Waals surface area contributed by atoms with Crippen molar-refractivity contribution in [2.45, 2.75) is 51.6 Å². The van der Waals surface area contributed by atoms with E-state index in [1.165, 1.54) is 32.4 Å². The molecule has 1 unspecified atom stereocenters. The normalized spacial score (nSPS) is 17.5. The van der Waals surface area contributed by atoms with Crippen molar-refractivity contribution in [2.24, 2.45) is 4.99 Å². The van der Waals surface area contributed by atoms with Crippen LogP contribution in [0.3, 0.4) is 0 Å². The van der Waals surface area contributed by atoms with Crippen molar-refractivity contribution in [1.82, 2.24) is 20.4 Å². The highest BCUT2D eigenvalue weighted by Gasteiger charge is 2.27. The Morgan fingerprint density at radius 1 is 1.26 bits per heavy atom. The number of likely N-dealkylation sites (N-methyl/N-ethyl adjacent to an activating group) is 1. The van der Waals surface area contributed by atoms with Crippen LogP contribution in [-0.4, -0.2) is 68.1 Å². The highest BCUT2D eigenvalue weighted by Crippen LogP contribution is 2.21. The van der Waals surface area contributed by atoms with Crippen molar-refractivity contribution in [3.8, 4) is 0 Å². The lowest BCUT2D eigenvalue weighted by Gasteiger charge is -2.40. The van der Waals surface area contributed by atoms with Gasteiger partial charge >= 0.3 is 0 Å². The largest absolute Gasteiger partial charge is 0.468 e. The van der Waals surface area contributed by atoms with E-state index in [0.29, 0.717) is 0 Å². The second-order valence-corrected chi connectivity index (χ2v) is 7.93. The second-order valence-electron chi connectivity index (χ2n) is 7.93. The number of guanidine groups is 1. The van der Waals surface area contributed by atoms with Crippen LogP contribution in [-0.2, 0) is 0 Å². The molecule has 1 aliphatic heterocycles. The third-order valence-corrected chi connectivity index (χ3v) is 5.14. The average molecular weight is 491 g/mol. The molecular weight excluding hydrogens is 453 g/mol. The van der Waals surface area contributed by atoms with Crippen LogP contribution in [0.1, 0.15) is 51.8 Å². The summed E-state index contributed by atoms with van der Waals surface area (Å²) in [6.45, 7) is 11.5. The number of rotatable bonds is 8. The Balaban J connectivity index is 0.00000364. The fourth-order valence-corrected chi connectivity index (χ4v) is 3.43. The highest BCUT2D eigenvalue weighted by molar-refractivity contribution is 14.0. The topological polar surface area (TPSA) is 56.0 Å². The van der Waals surface area contributed by atoms with Gasteiger partial charge in [0.1, 0.15) is 5.76 Å². The predicted molar refractivity (Wildman–Crippen MR) is 124 cm³/mol. The van der Waals surface area contributed by atoms with Crippen molar-refractivity contribution in [3.05, 3.63) is 24.2 Å². The number of likely N-dealkylation sites (tertiary alicyclic amines) is 1. The summed E-state index contributed by atoms with van der Waals surface area (Å²) in [5.41, 5.74) is 0.0880. The van der Waals surface area contributed by atoms with Crippen LogP contribution in [0.4, 0.5) is 0 Å². The van der Waals surface area contributed by atoms with Crippen molar-refractivity contribution in [1.29, 1.82) is 0 Å². The molecule has 0 amide bonds. The Bertz CT molecular complexity index is 539. The van der Waals surface area contributed by atoms with E-state index in [1.54, 1.807) is 6.26 Å². The minimum atomic E-state index is 0. The third-order valence-electron chi connectivity index (χ3n) is 5.14. The van der Waals surface area contributed by atoms with Crippen LogP contribution >= 0.6 is 24.0 Å². The number of furan rings is 1. The molecule has 27 heavy (non-hydrogen) atoms. The van der Waals surface area contributed by atoms with Gasteiger partial charge in [0.05, 0.1) is 18.8 Å². The fourth-order valence-electron chi connectivity index (χ4n) is 3.43. The Labute approximate surface area is 182 Å². The maximum Gasteiger partial charge on any atom is 0.191 e. The molecule has 7 heteroatoms. The Morgan fingerprint density at radius 2 is 1.96 bits per heavy atom. The molecule has 1 aromatic rings. The summed E-state index contributed by atoms with van der Waals surface area (Å²) in [4.78, 5) is 9.61. The number of nitrogens with one attached hydrogen (secondary N) is 2. The third kappa shape index (κ3) is 7.62. The first-order chi connectivity index (χ1) is 12.4. The van der Waals surface area contributed by atoms with Gasteiger partial charge < -0.3 is 15.1 Å². The number of aliphatic imine (C=N–C) groups is 1. The molecule has 0 aliphatic carbocycles. The number of nitrogens with zero attached hydrogens (tertiary/aromatic N) is 3. The monoisotopic (exact) mass is 491 g/mol. The molecule has 2 heterocycles. The summed E-state index contributed by atoms with van der Waals surface area (Å²) >= 11 is 0. The summed E-state index contributed by atoms with van der Waals surface area (Å²) < 4.78 is 5.59. The molecule has 2 rings (SSSR count). The molecule has 0 aromatic carbocycles. The van der Waals surface area contributed by atoms with E-state index in [4.69, 9.17) is 9.41 Å². The first-order valence-corrected chi connectivity index (χ1v) is 9.91. The van der Waals surface area contributed by atoms with E-state index < -0.39 is 0 Å². The maximum atomic E-state index is 5.59. The molecule has 1 aromatic heterocycles. The molecule has 1 saturated heterocycles. The smallest absolute Gasteiger partial charge is 0.191 e. The van der Waals surface area contributed by atoms with E-state index in [-0.39, 0.29) is 35.6 Å². The van der Waals surface area contributed by atoms with Crippen molar-refractivity contribution in [2.75, 3.05) is 46.8 Å². The molecule has 2 N–H and O–H groups in total. The minimum absolute atomic E-state index is 0. The average Bonchev–Trinajstić information content (AvgIpc) is 3.14. The number of hydrogen-bond donors (Lipinski definition) is 2. The molecule has 1 atom stereocenters. The molecule has 0 radical (unpaired) electrons. The second kappa shape index (κ2) is 11.9. The zero-order valence-corrected chi connectivity index (χ0v) is 20.0. The molecule has 6 nitrogen and oxygen atoms in total. The van der Waals surface area contributed by atoms with Gasteiger partial charge in [0, 0.05) is 18.6 Å². The van der Waals surface area contributed by atoms with Gasteiger partial charge in [-0.25, -0.2) is 0 Å². The number of piperidine rings is 1. The van der Waals surface area contributed by atoms with Crippen molar-refractivity contribution in [3.63, 3.8) is 0 Å². The lowest BCUT2D eigenvalue weighted by atomic mass is 9.99. The van der Waals surface area contributed by atoms with E-state index in [0.717, 1.165) is 31.4 Å². The van der Waals surface area contributed by atoms with Gasteiger partial charge in [0.25, 0.3) is 0 Å². The van der Waals surface area contributed by atoms with Crippen LogP contribution in [0.2, 0.25) is 0 Å². The quantitative estimate of drug-likeness (QED) is 0.332. The van der Waals surface area contributed by atoms with E-state index in [2.05, 4.69) is 55.3 Å². The van der Waals surface area contributed by atoms with Gasteiger partial charge in [-0.1, -0.05) is 6.42 Å². The van der Waals surface area contributed by atoms with Crippen LogP contribution in [0, 0.1) is 0 Å². The first kappa shape index (κ1) is 24.2. The number of halogens is 1. The van der Waals surface area contributed by atoms with E-state index in [1.807, 2.05) is 12.1 Å². The molecule has 0 saturated carbocycles. The van der Waals surface area contributed by atoms with Gasteiger partial charge in [0.2, 0.25) is 0 Å². The summed E-state index contributed by atoms with van der Waals surface area (Å²) in [5.74, 6) is 1.84. The van der Waals surface area contributed by atoms with Crippen LogP contribution in [0.5, 0.6) is 0 Å². The first-order valence-electron chi connectivity index (χ1n) is 9.91. The van der Waals surface area contributed by atoms with Crippen LogP contribution in [0.15, 0.2) is 27.8 Å². The molecule has 0 bridgehead atoms. The van der Waals surface area contributed by atoms with Gasteiger partial charge in [-0.3, -0.25) is 14.8 Å². The van der Waals surface area contributed by atoms with Crippen molar-refractivity contribution >= 4 is 29.9 Å². The summed E-state index contributed by atoms with van der Waals surface area (Å²) in [6, 6.07) is 4.13. The molecule has 156 valence electrons. The Morgan fingerprint density at radius 3 is 2.52 bits per heavy atom. The van der Waals surface area contributed by atoms with Crippen LogP contribution < -0.4 is 10.6 Å². The molecule has 1 fully saturated rings. The van der Waals surface area contributed by atoms with E-state index >= 15 is 0 Å². The zero-order valence-electron chi connectivity index (χ0n) is 17.6. The van der Waals surface area contributed by atoms with Crippen molar-refractivity contribution < 1.29 is 4.42 Å². The van der Waals surface area contributed by atoms with E-state index in [9.17, 15) is 0 Å². The molecule has 1 aliphatic rings. The van der Waals surface area contributed by atoms with Gasteiger partial charge in [-0.15, -0.1) is 24.0 Å².